The molecule has 0 bridgehead atoms. The molecule has 0 radical (unpaired) electrons. The molecular formula is C15H14N4O. The van der Waals surface area contributed by atoms with Gasteiger partial charge in [0.2, 0.25) is 0 Å². The molecule has 0 unspecified atom stereocenters. The van der Waals surface area contributed by atoms with Gasteiger partial charge in [0, 0.05) is 10.9 Å². The first-order valence-electron chi connectivity index (χ1n) is 6.22. The van der Waals surface area contributed by atoms with Gasteiger partial charge < -0.3 is 10.9 Å². The molecule has 1 aromatic heterocycles. The Morgan fingerprint density at radius 1 is 1.25 bits per heavy atom. The highest BCUT2D eigenvalue weighted by molar-refractivity contribution is 6.01. The monoisotopic (exact) mass is 266 g/mol. The summed E-state index contributed by atoms with van der Waals surface area (Å²) in [6.45, 7) is 1.99. The molecule has 0 aliphatic rings. The van der Waals surface area contributed by atoms with Gasteiger partial charge in [0.1, 0.15) is 0 Å². The second-order valence-corrected chi connectivity index (χ2v) is 4.62. The molecule has 0 spiro atoms. The van der Waals surface area contributed by atoms with E-state index < -0.39 is 0 Å². The lowest BCUT2D eigenvalue weighted by atomic mass is 10.1. The average molecular weight is 266 g/mol. The predicted octanol–water partition coefficient (Wildman–Crippen LogP) is 2.43. The Labute approximate surface area is 115 Å². The maximum Gasteiger partial charge on any atom is 0.172 e. The minimum Gasteiger partial charge on any atom is -0.409 e. The van der Waals surface area contributed by atoms with Crippen LogP contribution in [-0.4, -0.2) is 20.8 Å². The fourth-order valence-corrected chi connectivity index (χ4v) is 2.25. The van der Waals surface area contributed by atoms with Crippen molar-refractivity contribution >= 4 is 16.7 Å². The minimum atomic E-state index is 0.0691. The standard InChI is InChI=1S/C15H14N4O/c1-10-6-7-12(15(16)18-20)14(8-10)19-13-5-3-2-4-11(13)9-17-19/h2-9,20H,1H3,(H2,16,18). The molecule has 5 nitrogen and oxygen atoms in total. The van der Waals surface area contributed by atoms with Gasteiger partial charge in [-0.2, -0.15) is 5.10 Å². The quantitative estimate of drug-likeness (QED) is 0.324. The third kappa shape index (κ3) is 1.89. The minimum absolute atomic E-state index is 0.0691. The number of oxime groups is 1. The van der Waals surface area contributed by atoms with Crippen molar-refractivity contribution in [3.63, 3.8) is 0 Å². The summed E-state index contributed by atoms with van der Waals surface area (Å²) in [5.74, 6) is 0.0691. The Morgan fingerprint density at radius 3 is 2.85 bits per heavy atom. The summed E-state index contributed by atoms with van der Waals surface area (Å²) in [7, 11) is 0. The van der Waals surface area contributed by atoms with Crippen LogP contribution < -0.4 is 5.73 Å². The third-order valence-corrected chi connectivity index (χ3v) is 3.24. The van der Waals surface area contributed by atoms with Gasteiger partial charge >= 0.3 is 0 Å². The number of hydrogen-bond donors (Lipinski definition) is 2. The van der Waals surface area contributed by atoms with Crippen LogP contribution in [0.2, 0.25) is 0 Å². The topological polar surface area (TPSA) is 76.4 Å². The average Bonchev–Trinajstić information content (AvgIpc) is 2.90. The van der Waals surface area contributed by atoms with E-state index in [0.29, 0.717) is 5.56 Å². The predicted molar refractivity (Wildman–Crippen MR) is 78.3 cm³/mol. The number of fused-ring (bicyclic) bond motifs is 1. The van der Waals surface area contributed by atoms with Gasteiger partial charge in [-0.3, -0.25) is 0 Å². The highest BCUT2D eigenvalue weighted by Crippen LogP contribution is 2.22. The van der Waals surface area contributed by atoms with Gasteiger partial charge in [-0.1, -0.05) is 29.4 Å². The Balaban J connectivity index is 2.31. The SMILES string of the molecule is Cc1ccc(C(N)=NO)c(-n2ncc3ccccc32)c1. The van der Waals surface area contributed by atoms with E-state index in [1.54, 1.807) is 10.9 Å². The zero-order chi connectivity index (χ0) is 14.1. The highest BCUT2D eigenvalue weighted by atomic mass is 16.4. The van der Waals surface area contributed by atoms with E-state index in [1.165, 1.54) is 0 Å². The molecular weight excluding hydrogens is 252 g/mol. The molecule has 0 atom stereocenters. The van der Waals surface area contributed by atoms with E-state index in [9.17, 15) is 0 Å². The number of aromatic nitrogens is 2. The summed E-state index contributed by atoms with van der Waals surface area (Å²) in [6.07, 6.45) is 1.80. The number of nitrogens with zero attached hydrogens (tertiary/aromatic N) is 3. The van der Waals surface area contributed by atoms with Gasteiger partial charge in [-0.15, -0.1) is 0 Å². The van der Waals surface area contributed by atoms with Gasteiger partial charge in [0.15, 0.2) is 5.84 Å². The van der Waals surface area contributed by atoms with Crippen molar-refractivity contribution in [1.82, 2.24) is 9.78 Å². The number of amidine groups is 1. The van der Waals surface area contributed by atoms with Crippen LogP contribution in [-0.2, 0) is 0 Å². The van der Waals surface area contributed by atoms with Gasteiger partial charge in [-0.05, 0) is 30.7 Å². The number of rotatable bonds is 2. The van der Waals surface area contributed by atoms with E-state index in [4.69, 9.17) is 10.9 Å². The molecule has 3 N–H and O–H groups in total. The molecule has 20 heavy (non-hydrogen) atoms. The summed E-state index contributed by atoms with van der Waals surface area (Å²) in [5, 5.41) is 17.5. The van der Waals surface area contributed by atoms with Crippen LogP contribution in [0.1, 0.15) is 11.1 Å². The van der Waals surface area contributed by atoms with Crippen LogP contribution in [0.5, 0.6) is 0 Å². The molecule has 1 heterocycles. The summed E-state index contributed by atoms with van der Waals surface area (Å²) in [6, 6.07) is 13.6. The van der Waals surface area contributed by atoms with E-state index in [0.717, 1.165) is 22.2 Å². The van der Waals surface area contributed by atoms with E-state index in [-0.39, 0.29) is 5.84 Å². The Morgan fingerprint density at radius 2 is 2.05 bits per heavy atom. The molecule has 0 amide bonds. The normalized spacial score (nSPS) is 11.9. The maximum absolute atomic E-state index is 8.93. The molecule has 0 saturated carbocycles. The number of hydrogen-bond acceptors (Lipinski definition) is 3. The van der Waals surface area contributed by atoms with Gasteiger partial charge in [-0.25, -0.2) is 4.68 Å². The molecule has 3 aromatic rings. The zero-order valence-corrected chi connectivity index (χ0v) is 11.0. The van der Waals surface area contributed by atoms with Crippen molar-refractivity contribution in [3.8, 4) is 5.69 Å². The number of benzene rings is 2. The van der Waals surface area contributed by atoms with Crippen LogP contribution >= 0.6 is 0 Å². The Hall–Kier alpha value is -2.82. The molecule has 5 heteroatoms. The van der Waals surface area contributed by atoms with Crippen molar-refractivity contribution in [2.24, 2.45) is 10.9 Å². The number of aryl methyl sites for hydroxylation is 1. The van der Waals surface area contributed by atoms with Gasteiger partial charge in [0.05, 0.1) is 17.4 Å². The second kappa shape index (κ2) is 4.70. The van der Waals surface area contributed by atoms with Crippen molar-refractivity contribution in [2.45, 2.75) is 6.92 Å². The molecule has 0 aliphatic carbocycles. The summed E-state index contributed by atoms with van der Waals surface area (Å²) >= 11 is 0. The maximum atomic E-state index is 8.93. The molecule has 0 saturated heterocycles. The smallest absolute Gasteiger partial charge is 0.172 e. The Kier molecular flexibility index (Phi) is 2.87. The van der Waals surface area contributed by atoms with Gasteiger partial charge in [0.25, 0.3) is 0 Å². The molecule has 100 valence electrons. The summed E-state index contributed by atoms with van der Waals surface area (Å²) in [5.41, 5.74) is 9.25. The number of para-hydroxylation sites is 1. The van der Waals surface area contributed by atoms with Crippen LogP contribution in [0.15, 0.2) is 53.8 Å². The van der Waals surface area contributed by atoms with Crippen molar-refractivity contribution in [2.75, 3.05) is 0 Å². The zero-order valence-electron chi connectivity index (χ0n) is 11.0. The third-order valence-electron chi connectivity index (χ3n) is 3.24. The van der Waals surface area contributed by atoms with Crippen LogP contribution in [0.25, 0.3) is 16.6 Å². The first-order valence-corrected chi connectivity index (χ1v) is 6.22. The van der Waals surface area contributed by atoms with E-state index >= 15 is 0 Å². The number of nitrogens with two attached hydrogens (primary N) is 1. The lowest BCUT2D eigenvalue weighted by molar-refractivity contribution is 0.318. The first-order chi connectivity index (χ1) is 9.70. The summed E-state index contributed by atoms with van der Waals surface area (Å²) in [4.78, 5) is 0. The Bertz CT molecular complexity index is 804. The summed E-state index contributed by atoms with van der Waals surface area (Å²) < 4.78 is 1.80. The lowest BCUT2D eigenvalue weighted by Gasteiger charge is -2.10. The lowest BCUT2D eigenvalue weighted by Crippen LogP contribution is -2.16. The highest BCUT2D eigenvalue weighted by Gasteiger charge is 2.12. The fraction of sp³-hybridized carbons (Fsp3) is 0.0667. The molecule has 3 rings (SSSR count). The molecule has 0 aliphatic heterocycles. The molecule has 0 fully saturated rings. The van der Waals surface area contributed by atoms with Crippen molar-refractivity contribution in [1.29, 1.82) is 0 Å². The van der Waals surface area contributed by atoms with E-state index in [1.807, 2.05) is 49.4 Å². The fourth-order valence-electron chi connectivity index (χ4n) is 2.25. The van der Waals surface area contributed by atoms with E-state index in [2.05, 4.69) is 10.3 Å². The largest absolute Gasteiger partial charge is 0.409 e. The second-order valence-electron chi connectivity index (χ2n) is 4.62. The first kappa shape index (κ1) is 12.2. The van der Waals surface area contributed by atoms with Crippen molar-refractivity contribution < 1.29 is 5.21 Å². The van der Waals surface area contributed by atoms with Crippen LogP contribution in [0, 0.1) is 6.92 Å². The van der Waals surface area contributed by atoms with Crippen LogP contribution in [0.3, 0.4) is 0 Å². The van der Waals surface area contributed by atoms with Crippen molar-refractivity contribution in [3.05, 3.63) is 59.8 Å². The van der Waals surface area contributed by atoms with Crippen LogP contribution in [0.4, 0.5) is 0 Å². The molecule has 2 aromatic carbocycles.